The van der Waals surface area contributed by atoms with Gasteiger partial charge in [-0.15, -0.1) is 0 Å². The molecule has 0 spiro atoms. The van der Waals surface area contributed by atoms with Gasteiger partial charge in [-0.3, -0.25) is 18.7 Å². The van der Waals surface area contributed by atoms with Crippen LogP contribution in [0.5, 0.6) is 0 Å². The molecule has 0 radical (unpaired) electrons. The third-order valence-electron chi connectivity index (χ3n) is 3.04. The van der Waals surface area contributed by atoms with E-state index in [-0.39, 0.29) is 23.7 Å². The molecule has 5 N–H and O–H groups in total. The van der Waals surface area contributed by atoms with Gasteiger partial charge < -0.3 is 34.1 Å². The quantitative estimate of drug-likeness (QED) is 0.166. The number of imidazole rings is 1. The predicted octanol–water partition coefficient (Wildman–Crippen LogP) is -1.26. The summed E-state index contributed by atoms with van der Waals surface area (Å²) in [6, 6.07) is 0. The minimum atomic E-state index is -5.75. The number of carbonyl (C=O) groups is 2. The summed E-state index contributed by atoms with van der Waals surface area (Å²) >= 11 is 0. The normalized spacial score (nSPS) is 18.1. The summed E-state index contributed by atoms with van der Waals surface area (Å²) < 4.78 is 50.8. The van der Waals surface area contributed by atoms with Crippen molar-refractivity contribution in [2.75, 3.05) is 6.61 Å². The highest BCUT2D eigenvalue weighted by Gasteiger charge is 2.41. The maximum absolute atomic E-state index is 11.7. The Morgan fingerprint density at radius 1 is 1.06 bits per heavy atom. The van der Waals surface area contributed by atoms with E-state index in [4.69, 9.17) is 19.4 Å². The van der Waals surface area contributed by atoms with Crippen molar-refractivity contribution in [1.82, 2.24) is 19.5 Å². The number of fused-ring (bicyclic) bond motifs is 1. The van der Waals surface area contributed by atoms with Crippen LogP contribution in [0, 0.1) is 0 Å². The van der Waals surface area contributed by atoms with Crippen LogP contribution in [0.2, 0.25) is 0 Å². The Morgan fingerprint density at radius 3 is 2.32 bits per heavy atom. The van der Waals surface area contributed by atoms with Gasteiger partial charge in [-0.25, -0.2) is 23.7 Å². The summed E-state index contributed by atoms with van der Waals surface area (Å²) in [5.41, 5.74) is -0.889. The fourth-order valence-corrected chi connectivity index (χ4v) is 5.00. The topological polar surface area (TPSA) is 267 Å². The largest absolute Gasteiger partial charge is 0.490 e. The Balaban J connectivity index is 2.09. The van der Waals surface area contributed by atoms with Crippen LogP contribution < -0.4 is 5.56 Å². The lowest BCUT2D eigenvalue weighted by atomic mass is 10.4. The lowest BCUT2D eigenvalue weighted by Gasteiger charge is -2.20. The maximum atomic E-state index is 11.7. The molecule has 0 saturated carbocycles. The highest BCUT2D eigenvalue weighted by atomic mass is 31.3. The summed E-state index contributed by atoms with van der Waals surface area (Å²) in [5.74, 6) is 0. The van der Waals surface area contributed by atoms with Crippen molar-refractivity contribution in [1.29, 1.82) is 0 Å². The molecule has 0 aliphatic rings. The third-order valence-corrected chi connectivity index (χ3v) is 6.84. The van der Waals surface area contributed by atoms with Crippen LogP contribution >= 0.6 is 23.5 Å². The monoisotopic (exact) mass is 506 g/mol. The fourth-order valence-electron chi connectivity index (χ4n) is 1.97. The first-order valence-corrected chi connectivity index (χ1v) is 12.0. The first-order valence-electron chi connectivity index (χ1n) is 7.51. The second-order valence-corrected chi connectivity index (χ2v) is 9.70. The Bertz CT molecular complexity index is 1150. The Morgan fingerprint density at radius 2 is 1.74 bits per heavy atom. The molecule has 0 aliphatic heterocycles. The molecule has 0 aromatic carbocycles. The van der Waals surface area contributed by atoms with E-state index in [1.54, 1.807) is 0 Å². The predicted molar refractivity (Wildman–Crippen MR) is 94.0 cm³/mol. The number of carbonyl (C=O) groups excluding carboxylic acids is 2. The molecule has 18 nitrogen and oxygen atoms in total. The molecule has 0 saturated heterocycles. The van der Waals surface area contributed by atoms with Gasteiger partial charge in [0.1, 0.15) is 6.10 Å². The molecule has 0 bridgehead atoms. The molecule has 0 aliphatic carbocycles. The number of rotatable bonds is 12. The van der Waals surface area contributed by atoms with Crippen molar-refractivity contribution in [3.8, 4) is 0 Å². The second kappa shape index (κ2) is 9.68. The standard InChI is InChI=1S/C10H13N4O14P3/c15-1-6(3-25-30(21,22)28-31(23,24)27-29(18,19)20)26-7(2-16)14-5-13-8-9(14)11-4-12-10(8)17/h1-2,4-7H,3H2,(H,21,22)(H,23,24)(H,11,12,17)(H2,18,19,20)/t6-,7+/m1/s1. The zero-order valence-corrected chi connectivity index (χ0v) is 17.4. The number of aldehydes is 2. The number of hydrogen-bond acceptors (Lipinski definition) is 12. The molecule has 0 fully saturated rings. The van der Waals surface area contributed by atoms with Gasteiger partial charge in [-0.1, -0.05) is 0 Å². The SMILES string of the molecule is O=C[C@H](COP(=O)(O)OP(=O)(O)OP(=O)(O)O)O[C@@H](C=O)n1cnc2c(=O)[nH]cnc21. The van der Waals surface area contributed by atoms with Crippen LogP contribution in [-0.2, 0) is 41.2 Å². The highest BCUT2D eigenvalue weighted by Crippen LogP contribution is 2.66. The van der Waals surface area contributed by atoms with E-state index in [0.717, 1.165) is 17.2 Å². The number of hydrogen-bond donors (Lipinski definition) is 5. The van der Waals surface area contributed by atoms with Gasteiger partial charge in [0, 0.05) is 0 Å². The van der Waals surface area contributed by atoms with Gasteiger partial charge in [-0.05, 0) is 0 Å². The van der Waals surface area contributed by atoms with Crippen LogP contribution in [0.25, 0.3) is 11.2 Å². The lowest BCUT2D eigenvalue weighted by molar-refractivity contribution is -0.139. The van der Waals surface area contributed by atoms with Crippen LogP contribution in [0.3, 0.4) is 0 Å². The first-order chi connectivity index (χ1) is 14.3. The number of ether oxygens (including phenoxy) is 1. The Hall–Kier alpha value is -1.94. The number of phosphoric acid groups is 3. The number of aromatic amines is 1. The van der Waals surface area contributed by atoms with Crippen molar-refractivity contribution >= 4 is 47.2 Å². The Kier molecular flexibility index (Phi) is 7.91. The van der Waals surface area contributed by atoms with Gasteiger partial charge >= 0.3 is 23.5 Å². The minimum absolute atomic E-state index is 0.0283. The maximum Gasteiger partial charge on any atom is 0.490 e. The van der Waals surface area contributed by atoms with E-state index in [9.17, 15) is 33.0 Å². The highest BCUT2D eigenvalue weighted by molar-refractivity contribution is 7.66. The van der Waals surface area contributed by atoms with Crippen LogP contribution in [0.4, 0.5) is 0 Å². The summed E-state index contributed by atoms with van der Waals surface area (Å²) in [6.07, 6.45) is -1.15. The van der Waals surface area contributed by atoms with Crippen LogP contribution in [0.15, 0.2) is 17.4 Å². The third kappa shape index (κ3) is 7.31. The van der Waals surface area contributed by atoms with Crippen LogP contribution in [0.1, 0.15) is 6.23 Å². The summed E-state index contributed by atoms with van der Waals surface area (Å²) in [6.45, 7) is -1.13. The van der Waals surface area contributed by atoms with Gasteiger partial charge in [0.05, 0.1) is 19.3 Å². The summed E-state index contributed by atoms with van der Waals surface area (Å²) in [7, 11) is -16.8. The van der Waals surface area contributed by atoms with E-state index in [2.05, 4.69) is 28.1 Å². The number of phosphoric ester groups is 1. The van der Waals surface area contributed by atoms with E-state index < -0.39 is 48.0 Å². The van der Waals surface area contributed by atoms with E-state index in [0.29, 0.717) is 0 Å². The summed E-state index contributed by atoms with van der Waals surface area (Å²) in [5, 5.41) is 0. The van der Waals surface area contributed by atoms with E-state index in [1.807, 2.05) is 0 Å². The zero-order valence-electron chi connectivity index (χ0n) is 14.7. The van der Waals surface area contributed by atoms with Gasteiger partial charge in [0.25, 0.3) is 5.56 Å². The summed E-state index contributed by atoms with van der Waals surface area (Å²) in [4.78, 5) is 79.3. The fraction of sp³-hybridized carbons (Fsp3) is 0.300. The van der Waals surface area contributed by atoms with Crippen LogP contribution in [-0.4, -0.2) is 64.4 Å². The lowest BCUT2D eigenvalue weighted by Crippen LogP contribution is -2.27. The van der Waals surface area contributed by atoms with Crippen molar-refractivity contribution in [2.24, 2.45) is 0 Å². The number of nitrogens with one attached hydrogen (secondary N) is 1. The van der Waals surface area contributed by atoms with Gasteiger partial charge in [0.15, 0.2) is 30.0 Å². The number of aromatic nitrogens is 4. The smallest absolute Gasteiger partial charge is 0.338 e. The minimum Gasteiger partial charge on any atom is -0.338 e. The molecule has 172 valence electrons. The van der Waals surface area contributed by atoms with Crippen molar-refractivity contribution in [3.63, 3.8) is 0 Å². The van der Waals surface area contributed by atoms with Crippen molar-refractivity contribution in [3.05, 3.63) is 23.0 Å². The van der Waals surface area contributed by atoms with E-state index >= 15 is 0 Å². The molecule has 4 atom stereocenters. The molecular formula is C10H13N4O14P3. The van der Waals surface area contributed by atoms with Gasteiger partial charge in [0.2, 0.25) is 0 Å². The molecule has 2 aromatic heterocycles. The second-order valence-electron chi connectivity index (χ2n) is 5.28. The average Bonchev–Trinajstić information content (AvgIpc) is 3.04. The molecule has 2 unspecified atom stereocenters. The molecule has 2 aromatic rings. The number of nitrogens with zero attached hydrogens (tertiary/aromatic N) is 3. The molecule has 21 heteroatoms. The van der Waals surface area contributed by atoms with Crippen molar-refractivity contribution < 1.29 is 60.7 Å². The Labute approximate surface area is 170 Å². The molecule has 0 amide bonds. The molecule has 2 rings (SSSR count). The molecular weight excluding hydrogens is 493 g/mol. The van der Waals surface area contributed by atoms with Crippen molar-refractivity contribution in [2.45, 2.75) is 12.3 Å². The number of H-pyrrole nitrogens is 1. The molecule has 2 heterocycles. The van der Waals surface area contributed by atoms with E-state index in [1.165, 1.54) is 0 Å². The first kappa shape index (κ1) is 25.3. The zero-order chi connectivity index (χ0) is 23.4. The average molecular weight is 506 g/mol. The van der Waals surface area contributed by atoms with Gasteiger partial charge in [-0.2, -0.15) is 8.62 Å². The molecule has 31 heavy (non-hydrogen) atoms.